The number of nitrogen functional groups attached to an aromatic ring is 1. The second kappa shape index (κ2) is 5.72. The fourth-order valence-electron chi connectivity index (χ4n) is 1.32. The van der Waals surface area contributed by atoms with Gasteiger partial charge in [0.15, 0.2) is 5.69 Å². The molecule has 94 valence electrons. The number of hydrogen-bond acceptors (Lipinski definition) is 5. The van der Waals surface area contributed by atoms with E-state index >= 15 is 0 Å². The number of anilines is 1. The topological polar surface area (TPSA) is 90.2 Å². The van der Waals surface area contributed by atoms with Crippen molar-refractivity contribution in [2.45, 2.75) is 0 Å². The molecule has 0 saturated heterocycles. The van der Waals surface area contributed by atoms with Crippen LogP contribution in [0.2, 0.25) is 0 Å². The van der Waals surface area contributed by atoms with Crippen molar-refractivity contribution in [2.75, 3.05) is 18.9 Å². The van der Waals surface area contributed by atoms with Gasteiger partial charge >= 0.3 is 0 Å². The van der Waals surface area contributed by atoms with Gasteiger partial charge in [-0.2, -0.15) is 0 Å². The van der Waals surface area contributed by atoms with E-state index in [0.29, 0.717) is 6.61 Å². The monoisotopic (exact) mass is 247 g/mol. The lowest BCUT2D eigenvalue weighted by Crippen LogP contribution is -2.16. The summed E-state index contributed by atoms with van der Waals surface area (Å²) >= 11 is 0. The van der Waals surface area contributed by atoms with Crippen molar-refractivity contribution in [3.8, 4) is 11.6 Å². The van der Waals surface area contributed by atoms with Crippen LogP contribution in [-0.2, 0) is 0 Å². The van der Waals surface area contributed by atoms with Crippen LogP contribution in [0.5, 0.6) is 11.6 Å². The Labute approximate surface area is 103 Å². The Morgan fingerprint density at radius 2 is 1.89 bits per heavy atom. The SMILES string of the molecule is Nc1c(OCCOc2ccccc2)nc[nH]c1=O. The van der Waals surface area contributed by atoms with Crippen LogP contribution in [0, 0.1) is 0 Å². The highest BCUT2D eigenvalue weighted by Gasteiger charge is 2.05. The molecule has 0 aliphatic carbocycles. The third-order valence-corrected chi connectivity index (χ3v) is 2.19. The first kappa shape index (κ1) is 12.0. The van der Waals surface area contributed by atoms with Gasteiger partial charge in [0, 0.05) is 0 Å². The molecule has 0 saturated carbocycles. The van der Waals surface area contributed by atoms with Crippen molar-refractivity contribution in [1.29, 1.82) is 0 Å². The van der Waals surface area contributed by atoms with Gasteiger partial charge in [-0.25, -0.2) is 4.98 Å². The van der Waals surface area contributed by atoms with Crippen molar-refractivity contribution < 1.29 is 9.47 Å². The number of aromatic amines is 1. The molecule has 1 aromatic heterocycles. The van der Waals surface area contributed by atoms with E-state index in [1.165, 1.54) is 6.33 Å². The van der Waals surface area contributed by atoms with Crippen molar-refractivity contribution in [1.82, 2.24) is 9.97 Å². The maximum atomic E-state index is 11.2. The standard InChI is InChI=1S/C12H13N3O3/c13-10-11(16)14-8-15-12(10)18-7-6-17-9-4-2-1-3-5-9/h1-5,8H,6-7,13H2,(H,14,15,16). The number of hydrogen-bond donors (Lipinski definition) is 2. The van der Waals surface area contributed by atoms with Crippen molar-refractivity contribution in [3.63, 3.8) is 0 Å². The normalized spacial score (nSPS) is 10.0. The van der Waals surface area contributed by atoms with E-state index in [0.717, 1.165) is 5.75 Å². The van der Waals surface area contributed by atoms with E-state index < -0.39 is 5.56 Å². The zero-order chi connectivity index (χ0) is 12.8. The zero-order valence-corrected chi connectivity index (χ0v) is 9.63. The zero-order valence-electron chi connectivity index (χ0n) is 9.63. The lowest BCUT2D eigenvalue weighted by atomic mass is 10.3. The van der Waals surface area contributed by atoms with Gasteiger partial charge in [-0.05, 0) is 12.1 Å². The summed E-state index contributed by atoms with van der Waals surface area (Å²) in [6.45, 7) is 0.605. The molecular weight excluding hydrogens is 234 g/mol. The van der Waals surface area contributed by atoms with E-state index in [2.05, 4.69) is 9.97 Å². The predicted molar refractivity (Wildman–Crippen MR) is 66.7 cm³/mol. The van der Waals surface area contributed by atoms with Gasteiger partial charge in [-0.1, -0.05) is 18.2 Å². The molecule has 2 rings (SSSR count). The fourth-order valence-corrected chi connectivity index (χ4v) is 1.32. The number of aromatic nitrogens is 2. The van der Waals surface area contributed by atoms with Crippen LogP contribution in [0.3, 0.4) is 0 Å². The highest BCUT2D eigenvalue weighted by molar-refractivity contribution is 5.44. The average molecular weight is 247 g/mol. The second-order valence-corrected chi connectivity index (χ2v) is 3.46. The van der Waals surface area contributed by atoms with Crippen molar-refractivity contribution in [3.05, 3.63) is 47.0 Å². The van der Waals surface area contributed by atoms with Gasteiger partial charge in [0.2, 0.25) is 5.88 Å². The van der Waals surface area contributed by atoms with E-state index in [9.17, 15) is 4.79 Å². The van der Waals surface area contributed by atoms with E-state index in [-0.39, 0.29) is 18.2 Å². The largest absolute Gasteiger partial charge is 0.490 e. The minimum atomic E-state index is -0.413. The molecule has 0 bridgehead atoms. The van der Waals surface area contributed by atoms with Crippen LogP contribution in [0.4, 0.5) is 5.69 Å². The minimum absolute atomic E-state index is 0.0304. The molecule has 0 fully saturated rings. The van der Waals surface area contributed by atoms with Gasteiger partial charge in [0.05, 0.1) is 6.33 Å². The molecule has 0 atom stereocenters. The molecule has 2 aromatic rings. The molecule has 0 unspecified atom stereocenters. The second-order valence-electron chi connectivity index (χ2n) is 3.46. The summed E-state index contributed by atoms with van der Waals surface area (Å²) in [6.07, 6.45) is 1.24. The number of benzene rings is 1. The number of nitrogens with one attached hydrogen (secondary N) is 1. The molecule has 1 heterocycles. The number of rotatable bonds is 5. The summed E-state index contributed by atoms with van der Waals surface area (Å²) in [5, 5.41) is 0. The van der Waals surface area contributed by atoms with Gasteiger partial charge in [0.25, 0.3) is 5.56 Å². The van der Waals surface area contributed by atoms with Crippen LogP contribution in [-0.4, -0.2) is 23.2 Å². The molecule has 0 aliphatic rings. The van der Waals surface area contributed by atoms with Crippen molar-refractivity contribution in [2.24, 2.45) is 0 Å². The van der Waals surface area contributed by atoms with Crippen molar-refractivity contribution >= 4 is 5.69 Å². The summed E-state index contributed by atoms with van der Waals surface area (Å²) in [7, 11) is 0. The molecule has 1 aromatic carbocycles. The van der Waals surface area contributed by atoms with Gasteiger partial charge in [-0.3, -0.25) is 4.79 Å². The lowest BCUT2D eigenvalue weighted by molar-refractivity contribution is 0.212. The Morgan fingerprint density at radius 3 is 2.67 bits per heavy atom. The molecule has 18 heavy (non-hydrogen) atoms. The van der Waals surface area contributed by atoms with E-state index in [1.54, 1.807) is 0 Å². The Kier molecular flexibility index (Phi) is 3.80. The van der Waals surface area contributed by atoms with Gasteiger partial charge in [-0.15, -0.1) is 0 Å². The van der Waals surface area contributed by atoms with Crippen LogP contribution in [0.1, 0.15) is 0 Å². The first-order valence-corrected chi connectivity index (χ1v) is 5.41. The van der Waals surface area contributed by atoms with E-state index in [4.69, 9.17) is 15.2 Å². The van der Waals surface area contributed by atoms with Crippen LogP contribution < -0.4 is 20.8 Å². The molecule has 0 amide bonds. The number of H-pyrrole nitrogens is 1. The predicted octanol–water partition coefficient (Wildman–Crippen LogP) is 0.810. The third kappa shape index (κ3) is 3.00. The van der Waals surface area contributed by atoms with Gasteiger partial charge in [0.1, 0.15) is 19.0 Å². The molecule has 6 heteroatoms. The Bertz CT molecular complexity index is 554. The Hall–Kier alpha value is -2.50. The quantitative estimate of drug-likeness (QED) is 0.763. The third-order valence-electron chi connectivity index (χ3n) is 2.19. The molecule has 0 aliphatic heterocycles. The smallest absolute Gasteiger partial charge is 0.277 e. The van der Waals surface area contributed by atoms with Crippen LogP contribution >= 0.6 is 0 Å². The molecule has 6 nitrogen and oxygen atoms in total. The van der Waals surface area contributed by atoms with Crippen LogP contribution in [0.25, 0.3) is 0 Å². The summed E-state index contributed by atoms with van der Waals surface area (Å²) in [5.74, 6) is 0.878. The van der Waals surface area contributed by atoms with Crippen LogP contribution in [0.15, 0.2) is 41.5 Å². The number of para-hydroxylation sites is 1. The van der Waals surface area contributed by atoms with E-state index in [1.807, 2.05) is 30.3 Å². The molecule has 3 N–H and O–H groups in total. The highest BCUT2D eigenvalue weighted by Crippen LogP contribution is 2.11. The fraction of sp³-hybridized carbons (Fsp3) is 0.167. The number of nitrogens with two attached hydrogens (primary N) is 1. The highest BCUT2D eigenvalue weighted by atomic mass is 16.5. The molecule has 0 spiro atoms. The molecule has 0 radical (unpaired) electrons. The summed E-state index contributed by atoms with van der Waals surface area (Å²) < 4.78 is 10.7. The average Bonchev–Trinajstić information content (AvgIpc) is 2.40. The number of nitrogens with zero attached hydrogens (tertiary/aromatic N) is 1. The summed E-state index contributed by atoms with van der Waals surface area (Å²) in [6, 6.07) is 9.36. The summed E-state index contributed by atoms with van der Waals surface area (Å²) in [4.78, 5) is 17.3. The summed E-state index contributed by atoms with van der Waals surface area (Å²) in [5.41, 5.74) is 5.06. The first-order valence-electron chi connectivity index (χ1n) is 5.41. The Morgan fingerprint density at radius 1 is 1.17 bits per heavy atom. The van der Waals surface area contributed by atoms with Gasteiger partial charge < -0.3 is 20.2 Å². The Balaban J connectivity index is 1.82. The maximum Gasteiger partial charge on any atom is 0.277 e. The minimum Gasteiger partial charge on any atom is -0.490 e. The first-order chi connectivity index (χ1) is 8.77. The number of ether oxygens (including phenoxy) is 2. The maximum absolute atomic E-state index is 11.2. The lowest BCUT2D eigenvalue weighted by Gasteiger charge is -2.08. The molecular formula is C12H13N3O3.